The van der Waals surface area contributed by atoms with Gasteiger partial charge in [0, 0.05) is 12.1 Å². The second-order valence-corrected chi connectivity index (χ2v) is 8.54. The lowest BCUT2D eigenvalue weighted by atomic mass is 9.85. The highest BCUT2D eigenvalue weighted by atomic mass is 35.5. The Bertz CT molecular complexity index is 694. The van der Waals surface area contributed by atoms with Crippen LogP contribution in [-0.4, -0.2) is 36.5 Å². The molecule has 29 heavy (non-hydrogen) atoms. The maximum atomic E-state index is 12.7. The standard InChI is InChI=1S/C22H31N3O3.ClH/c1-14(23-22(27)20-12-16-4-2-3-5-19(16)25-20)15-6-10-18(11-7-15)28-13-21(26)24-17-8-9-17;/h6-7,10-11,14,16-17,19-20,25H,2-5,8-9,12-13H2,1H3,(H,23,27)(H,24,26);1H. The highest BCUT2D eigenvalue weighted by Crippen LogP contribution is 2.33. The van der Waals surface area contributed by atoms with Crippen molar-refractivity contribution in [3.05, 3.63) is 29.8 Å². The zero-order valence-electron chi connectivity index (χ0n) is 17.0. The minimum atomic E-state index is -0.0724. The van der Waals surface area contributed by atoms with Crippen LogP contribution >= 0.6 is 12.4 Å². The Morgan fingerprint density at radius 1 is 1.14 bits per heavy atom. The van der Waals surface area contributed by atoms with Gasteiger partial charge in [0.25, 0.3) is 5.91 Å². The quantitative estimate of drug-likeness (QED) is 0.632. The molecule has 3 N–H and O–H groups in total. The number of fused-ring (bicyclic) bond motifs is 1. The van der Waals surface area contributed by atoms with Gasteiger partial charge in [-0.2, -0.15) is 0 Å². The van der Waals surface area contributed by atoms with E-state index in [1.165, 1.54) is 25.7 Å². The Kier molecular flexibility index (Phi) is 7.41. The first kappa shape index (κ1) is 21.9. The lowest BCUT2D eigenvalue weighted by molar-refractivity contribution is -0.124. The fraction of sp³-hybridized carbons (Fsp3) is 0.636. The molecule has 3 fully saturated rings. The molecule has 0 spiro atoms. The van der Waals surface area contributed by atoms with Crippen LogP contribution in [0.15, 0.2) is 24.3 Å². The van der Waals surface area contributed by atoms with Crippen LogP contribution < -0.4 is 20.7 Å². The Morgan fingerprint density at radius 3 is 2.55 bits per heavy atom. The van der Waals surface area contributed by atoms with Crippen molar-refractivity contribution in [1.29, 1.82) is 0 Å². The van der Waals surface area contributed by atoms with Crippen LogP contribution in [0.4, 0.5) is 0 Å². The summed E-state index contributed by atoms with van der Waals surface area (Å²) in [5.41, 5.74) is 1.03. The summed E-state index contributed by atoms with van der Waals surface area (Å²) in [5.74, 6) is 1.35. The molecule has 0 radical (unpaired) electrons. The van der Waals surface area contributed by atoms with Crippen molar-refractivity contribution >= 4 is 24.2 Å². The molecule has 1 aromatic rings. The maximum Gasteiger partial charge on any atom is 0.258 e. The Morgan fingerprint density at radius 2 is 1.86 bits per heavy atom. The van der Waals surface area contributed by atoms with Crippen LogP contribution in [-0.2, 0) is 9.59 Å². The predicted molar refractivity (Wildman–Crippen MR) is 114 cm³/mol. The molecule has 1 aromatic carbocycles. The van der Waals surface area contributed by atoms with Gasteiger partial charge in [-0.1, -0.05) is 25.0 Å². The van der Waals surface area contributed by atoms with Crippen molar-refractivity contribution in [3.63, 3.8) is 0 Å². The highest BCUT2D eigenvalue weighted by Gasteiger charge is 2.38. The van der Waals surface area contributed by atoms with Crippen LogP contribution in [0, 0.1) is 5.92 Å². The average molecular weight is 422 g/mol. The molecule has 7 heteroatoms. The molecule has 6 nitrogen and oxygen atoms in total. The van der Waals surface area contributed by atoms with Crippen LogP contribution in [0.1, 0.15) is 63.5 Å². The van der Waals surface area contributed by atoms with E-state index in [1.807, 2.05) is 31.2 Å². The molecule has 4 unspecified atom stereocenters. The van der Waals surface area contributed by atoms with Gasteiger partial charge in [0.15, 0.2) is 6.61 Å². The van der Waals surface area contributed by atoms with Gasteiger partial charge in [0.1, 0.15) is 5.75 Å². The van der Waals surface area contributed by atoms with Gasteiger partial charge in [-0.25, -0.2) is 0 Å². The number of halogens is 1. The van der Waals surface area contributed by atoms with Crippen molar-refractivity contribution in [3.8, 4) is 5.75 Å². The molecule has 4 rings (SSSR count). The number of benzene rings is 1. The molecule has 1 aliphatic heterocycles. The second kappa shape index (κ2) is 9.81. The molecular formula is C22H32ClN3O3. The Hall–Kier alpha value is -1.79. The Labute approximate surface area is 178 Å². The monoisotopic (exact) mass is 421 g/mol. The van der Waals surface area contributed by atoms with Crippen molar-refractivity contribution in [2.24, 2.45) is 5.92 Å². The van der Waals surface area contributed by atoms with Gasteiger partial charge in [-0.3, -0.25) is 9.59 Å². The number of carbonyl (C=O) groups excluding carboxylic acids is 2. The molecule has 2 aliphatic carbocycles. The number of ether oxygens (including phenoxy) is 1. The van der Waals surface area contributed by atoms with E-state index in [4.69, 9.17) is 4.74 Å². The minimum absolute atomic E-state index is 0. The van der Waals surface area contributed by atoms with Crippen molar-refractivity contribution in [2.75, 3.05) is 6.61 Å². The van der Waals surface area contributed by atoms with Gasteiger partial charge in [-0.15, -0.1) is 12.4 Å². The molecule has 0 aromatic heterocycles. The summed E-state index contributed by atoms with van der Waals surface area (Å²) in [7, 11) is 0. The molecular weight excluding hydrogens is 390 g/mol. The first-order valence-electron chi connectivity index (χ1n) is 10.7. The first-order valence-corrected chi connectivity index (χ1v) is 10.7. The fourth-order valence-electron chi connectivity index (χ4n) is 4.42. The van der Waals surface area contributed by atoms with E-state index in [2.05, 4.69) is 16.0 Å². The predicted octanol–water partition coefficient (Wildman–Crippen LogP) is 2.86. The fourth-order valence-corrected chi connectivity index (χ4v) is 4.42. The van der Waals surface area contributed by atoms with E-state index in [0.29, 0.717) is 23.8 Å². The molecule has 3 aliphatic rings. The van der Waals surface area contributed by atoms with Gasteiger partial charge in [0.2, 0.25) is 5.91 Å². The number of amides is 2. The van der Waals surface area contributed by atoms with Crippen LogP contribution in [0.5, 0.6) is 5.75 Å². The lowest BCUT2D eigenvalue weighted by Gasteiger charge is -2.24. The second-order valence-electron chi connectivity index (χ2n) is 8.54. The molecule has 2 saturated carbocycles. The maximum absolute atomic E-state index is 12.7. The molecule has 2 amide bonds. The van der Waals surface area contributed by atoms with Crippen LogP contribution in [0.2, 0.25) is 0 Å². The van der Waals surface area contributed by atoms with Gasteiger partial charge in [-0.05, 0) is 62.6 Å². The number of hydrogen-bond acceptors (Lipinski definition) is 4. The third-order valence-corrected chi connectivity index (χ3v) is 6.23. The first-order chi connectivity index (χ1) is 13.6. The average Bonchev–Trinajstić information content (AvgIpc) is 3.40. The summed E-state index contributed by atoms with van der Waals surface area (Å²) in [6.07, 6.45) is 8.11. The van der Waals surface area contributed by atoms with Crippen molar-refractivity contribution in [1.82, 2.24) is 16.0 Å². The number of carbonyl (C=O) groups is 2. The summed E-state index contributed by atoms with van der Waals surface area (Å²) in [6, 6.07) is 8.33. The topological polar surface area (TPSA) is 79.5 Å². The lowest BCUT2D eigenvalue weighted by Crippen LogP contribution is -2.43. The van der Waals surface area contributed by atoms with E-state index in [0.717, 1.165) is 24.8 Å². The van der Waals surface area contributed by atoms with E-state index in [-0.39, 0.29) is 42.9 Å². The molecule has 1 heterocycles. The molecule has 0 bridgehead atoms. The molecule has 1 saturated heterocycles. The van der Waals surface area contributed by atoms with E-state index in [9.17, 15) is 9.59 Å². The Balaban J connectivity index is 0.00000240. The molecule has 160 valence electrons. The third-order valence-electron chi connectivity index (χ3n) is 6.23. The zero-order valence-corrected chi connectivity index (χ0v) is 17.8. The molecule has 4 atom stereocenters. The van der Waals surface area contributed by atoms with E-state index < -0.39 is 0 Å². The van der Waals surface area contributed by atoms with Crippen LogP contribution in [0.3, 0.4) is 0 Å². The van der Waals surface area contributed by atoms with Gasteiger partial charge in [0.05, 0.1) is 12.1 Å². The summed E-state index contributed by atoms with van der Waals surface area (Å²) in [5, 5.41) is 9.58. The third kappa shape index (κ3) is 5.86. The van der Waals surface area contributed by atoms with Gasteiger partial charge < -0.3 is 20.7 Å². The van der Waals surface area contributed by atoms with Gasteiger partial charge >= 0.3 is 0 Å². The van der Waals surface area contributed by atoms with Crippen molar-refractivity contribution < 1.29 is 14.3 Å². The summed E-state index contributed by atoms with van der Waals surface area (Å²) in [6.45, 7) is 2.04. The zero-order chi connectivity index (χ0) is 19.5. The SMILES string of the molecule is CC(NC(=O)C1CC2CCCCC2N1)c1ccc(OCC(=O)NC2CC2)cc1.Cl. The van der Waals surface area contributed by atoms with Crippen molar-refractivity contribution in [2.45, 2.75) is 76.0 Å². The van der Waals surface area contributed by atoms with E-state index in [1.54, 1.807) is 0 Å². The smallest absolute Gasteiger partial charge is 0.258 e. The number of hydrogen-bond donors (Lipinski definition) is 3. The normalized spacial score (nSPS) is 26.6. The van der Waals surface area contributed by atoms with Crippen LogP contribution in [0.25, 0.3) is 0 Å². The number of rotatable bonds is 7. The van der Waals surface area contributed by atoms with E-state index >= 15 is 0 Å². The summed E-state index contributed by atoms with van der Waals surface area (Å²) >= 11 is 0. The number of nitrogens with one attached hydrogen (secondary N) is 3. The summed E-state index contributed by atoms with van der Waals surface area (Å²) < 4.78 is 5.54. The minimum Gasteiger partial charge on any atom is -0.484 e. The summed E-state index contributed by atoms with van der Waals surface area (Å²) in [4.78, 5) is 24.4. The highest BCUT2D eigenvalue weighted by molar-refractivity contribution is 5.85. The largest absolute Gasteiger partial charge is 0.484 e.